The van der Waals surface area contributed by atoms with E-state index in [2.05, 4.69) is 57.7 Å². The SMILES string of the molecule is c1ccc(NCCN2CCCC(c3ccc4ccccc4c3)C2)nc1. The lowest BCUT2D eigenvalue weighted by molar-refractivity contribution is 0.215. The van der Waals surface area contributed by atoms with Crippen LogP contribution in [0, 0.1) is 0 Å². The Morgan fingerprint density at radius 2 is 1.88 bits per heavy atom. The minimum atomic E-state index is 0.646. The van der Waals surface area contributed by atoms with Crippen molar-refractivity contribution in [1.29, 1.82) is 0 Å². The minimum absolute atomic E-state index is 0.646. The highest BCUT2D eigenvalue weighted by molar-refractivity contribution is 5.83. The number of benzene rings is 2. The molecule has 2 heterocycles. The summed E-state index contributed by atoms with van der Waals surface area (Å²) in [4.78, 5) is 6.91. The number of nitrogens with zero attached hydrogens (tertiary/aromatic N) is 2. The summed E-state index contributed by atoms with van der Waals surface area (Å²) < 4.78 is 0. The van der Waals surface area contributed by atoms with Crippen LogP contribution in [-0.2, 0) is 0 Å². The normalized spacial score (nSPS) is 18.3. The van der Waals surface area contributed by atoms with E-state index in [4.69, 9.17) is 0 Å². The molecule has 1 fully saturated rings. The van der Waals surface area contributed by atoms with E-state index in [9.17, 15) is 0 Å². The number of rotatable bonds is 5. The van der Waals surface area contributed by atoms with Crippen molar-refractivity contribution < 1.29 is 0 Å². The van der Waals surface area contributed by atoms with E-state index in [0.717, 1.165) is 25.5 Å². The van der Waals surface area contributed by atoms with E-state index in [1.807, 2.05) is 24.4 Å². The van der Waals surface area contributed by atoms with Gasteiger partial charge < -0.3 is 10.2 Å². The van der Waals surface area contributed by atoms with E-state index in [1.165, 1.54) is 35.7 Å². The fourth-order valence-electron chi connectivity index (χ4n) is 3.80. The molecule has 0 amide bonds. The Bertz CT molecular complexity index is 816. The van der Waals surface area contributed by atoms with Gasteiger partial charge in [0.2, 0.25) is 0 Å². The number of likely N-dealkylation sites (tertiary alicyclic amines) is 1. The van der Waals surface area contributed by atoms with E-state index in [1.54, 1.807) is 0 Å². The fourth-order valence-corrected chi connectivity index (χ4v) is 3.80. The van der Waals surface area contributed by atoms with Crippen LogP contribution in [0.25, 0.3) is 10.8 Å². The maximum atomic E-state index is 4.32. The number of fused-ring (bicyclic) bond motifs is 1. The zero-order valence-corrected chi connectivity index (χ0v) is 14.6. The van der Waals surface area contributed by atoms with Crippen LogP contribution in [0.5, 0.6) is 0 Å². The van der Waals surface area contributed by atoms with Gasteiger partial charge in [-0.3, -0.25) is 0 Å². The summed E-state index contributed by atoms with van der Waals surface area (Å²) in [6.07, 6.45) is 4.41. The molecule has 1 N–H and O–H groups in total. The molecule has 0 radical (unpaired) electrons. The Labute approximate surface area is 149 Å². The van der Waals surface area contributed by atoms with Crippen molar-refractivity contribution in [3.63, 3.8) is 0 Å². The lowest BCUT2D eigenvalue weighted by Crippen LogP contribution is -2.37. The molecule has 2 aromatic carbocycles. The molecule has 0 spiro atoms. The molecule has 128 valence electrons. The molecule has 0 aliphatic carbocycles. The largest absolute Gasteiger partial charge is 0.369 e. The predicted octanol–water partition coefficient (Wildman–Crippen LogP) is 4.53. The second-order valence-corrected chi connectivity index (χ2v) is 6.89. The lowest BCUT2D eigenvalue weighted by atomic mass is 9.89. The van der Waals surface area contributed by atoms with Gasteiger partial charge in [-0.2, -0.15) is 0 Å². The first kappa shape index (κ1) is 16.1. The highest BCUT2D eigenvalue weighted by atomic mass is 15.1. The molecular weight excluding hydrogens is 306 g/mol. The van der Waals surface area contributed by atoms with Gasteiger partial charge in [0.05, 0.1) is 0 Å². The van der Waals surface area contributed by atoms with Crippen molar-refractivity contribution in [3.05, 3.63) is 72.4 Å². The molecule has 4 rings (SSSR count). The molecule has 25 heavy (non-hydrogen) atoms. The third-order valence-electron chi connectivity index (χ3n) is 5.15. The summed E-state index contributed by atoms with van der Waals surface area (Å²) in [5.41, 5.74) is 1.49. The van der Waals surface area contributed by atoms with Gasteiger partial charge >= 0.3 is 0 Å². The highest BCUT2D eigenvalue weighted by Crippen LogP contribution is 2.29. The van der Waals surface area contributed by atoms with Crippen LogP contribution >= 0.6 is 0 Å². The Kier molecular flexibility index (Phi) is 4.93. The van der Waals surface area contributed by atoms with E-state index in [-0.39, 0.29) is 0 Å². The second-order valence-electron chi connectivity index (χ2n) is 6.89. The molecule has 1 unspecified atom stereocenters. The number of hydrogen-bond acceptors (Lipinski definition) is 3. The number of nitrogens with one attached hydrogen (secondary N) is 1. The molecule has 0 bridgehead atoms. The summed E-state index contributed by atoms with van der Waals surface area (Å²) in [7, 11) is 0. The topological polar surface area (TPSA) is 28.2 Å². The third kappa shape index (κ3) is 3.99. The predicted molar refractivity (Wildman–Crippen MR) is 105 cm³/mol. The number of pyridine rings is 1. The van der Waals surface area contributed by atoms with Crippen molar-refractivity contribution in [2.45, 2.75) is 18.8 Å². The molecule has 1 aliphatic heterocycles. The summed E-state index contributed by atoms with van der Waals surface area (Å²) in [5.74, 6) is 1.61. The Morgan fingerprint density at radius 1 is 1.00 bits per heavy atom. The standard InChI is InChI=1S/C22H25N3/c1-2-7-19-16-20(11-10-18(19)6-1)21-8-5-14-25(17-21)15-13-24-22-9-3-4-12-23-22/h1-4,6-7,9-12,16,21H,5,8,13-15,17H2,(H,23,24). The average molecular weight is 331 g/mol. The number of anilines is 1. The molecule has 1 saturated heterocycles. The van der Waals surface area contributed by atoms with Crippen LogP contribution < -0.4 is 5.32 Å². The van der Waals surface area contributed by atoms with Crippen molar-refractivity contribution in [1.82, 2.24) is 9.88 Å². The van der Waals surface area contributed by atoms with E-state index in [0.29, 0.717) is 5.92 Å². The number of aromatic nitrogens is 1. The molecule has 0 saturated carbocycles. The molecular formula is C22H25N3. The Balaban J connectivity index is 1.36. The maximum absolute atomic E-state index is 4.32. The number of piperidine rings is 1. The van der Waals surface area contributed by atoms with Crippen LogP contribution in [0.1, 0.15) is 24.3 Å². The summed E-state index contributed by atoms with van der Waals surface area (Å²) in [6.45, 7) is 4.37. The van der Waals surface area contributed by atoms with E-state index < -0.39 is 0 Å². The number of hydrogen-bond donors (Lipinski definition) is 1. The first-order valence-electron chi connectivity index (χ1n) is 9.24. The van der Waals surface area contributed by atoms with Gasteiger partial charge in [-0.25, -0.2) is 4.98 Å². The Hall–Kier alpha value is -2.39. The minimum Gasteiger partial charge on any atom is -0.369 e. The van der Waals surface area contributed by atoms with Crippen molar-refractivity contribution in [2.24, 2.45) is 0 Å². The monoisotopic (exact) mass is 331 g/mol. The fraction of sp³-hybridized carbons (Fsp3) is 0.318. The van der Waals surface area contributed by atoms with Crippen LogP contribution in [0.3, 0.4) is 0 Å². The summed E-state index contributed by atoms with van der Waals surface area (Å²) in [6, 6.07) is 21.6. The first-order chi connectivity index (χ1) is 12.4. The van der Waals surface area contributed by atoms with Crippen molar-refractivity contribution in [3.8, 4) is 0 Å². The second kappa shape index (κ2) is 7.66. The summed E-state index contributed by atoms with van der Waals surface area (Å²) >= 11 is 0. The van der Waals surface area contributed by atoms with Crippen LogP contribution in [-0.4, -0.2) is 36.1 Å². The quantitative estimate of drug-likeness (QED) is 0.745. The van der Waals surface area contributed by atoms with Gasteiger partial charge in [-0.1, -0.05) is 48.5 Å². The molecule has 3 nitrogen and oxygen atoms in total. The van der Waals surface area contributed by atoms with Gasteiger partial charge in [0.1, 0.15) is 5.82 Å². The van der Waals surface area contributed by atoms with Crippen molar-refractivity contribution in [2.75, 3.05) is 31.5 Å². The first-order valence-corrected chi connectivity index (χ1v) is 9.24. The molecule has 3 heteroatoms. The smallest absolute Gasteiger partial charge is 0.125 e. The lowest BCUT2D eigenvalue weighted by Gasteiger charge is -2.33. The van der Waals surface area contributed by atoms with Crippen LogP contribution in [0.4, 0.5) is 5.82 Å². The third-order valence-corrected chi connectivity index (χ3v) is 5.15. The zero-order valence-electron chi connectivity index (χ0n) is 14.6. The molecule has 1 aliphatic rings. The van der Waals surface area contributed by atoms with Crippen LogP contribution in [0.2, 0.25) is 0 Å². The van der Waals surface area contributed by atoms with Crippen molar-refractivity contribution >= 4 is 16.6 Å². The maximum Gasteiger partial charge on any atom is 0.125 e. The summed E-state index contributed by atoms with van der Waals surface area (Å²) in [5, 5.41) is 6.11. The molecule has 1 aromatic heterocycles. The van der Waals surface area contributed by atoms with Gasteiger partial charge in [0.25, 0.3) is 0 Å². The van der Waals surface area contributed by atoms with Gasteiger partial charge in [-0.05, 0) is 53.8 Å². The van der Waals surface area contributed by atoms with E-state index >= 15 is 0 Å². The molecule has 3 aromatic rings. The van der Waals surface area contributed by atoms with Gasteiger partial charge in [0, 0.05) is 25.8 Å². The average Bonchev–Trinajstić information content (AvgIpc) is 2.69. The van der Waals surface area contributed by atoms with Gasteiger partial charge in [0.15, 0.2) is 0 Å². The highest BCUT2D eigenvalue weighted by Gasteiger charge is 2.21. The van der Waals surface area contributed by atoms with Gasteiger partial charge in [-0.15, -0.1) is 0 Å². The Morgan fingerprint density at radius 3 is 2.76 bits per heavy atom. The molecule has 1 atom stereocenters. The zero-order chi connectivity index (χ0) is 16.9. The van der Waals surface area contributed by atoms with Crippen LogP contribution in [0.15, 0.2) is 66.9 Å².